The minimum absolute atomic E-state index is 0.237. The van der Waals surface area contributed by atoms with Gasteiger partial charge in [-0.2, -0.15) is 8.42 Å². The van der Waals surface area contributed by atoms with E-state index in [1.54, 1.807) is 6.08 Å². The maximum Gasteiger partial charge on any atom is 0.397 e. The topological polar surface area (TPSA) is 212 Å². The summed E-state index contributed by atoms with van der Waals surface area (Å²) in [4.78, 5) is 13.2. The Morgan fingerprint density at radius 1 is 0.606 bits per heavy atom. The molecule has 13 nitrogen and oxygen atoms in total. The lowest BCUT2D eigenvalue weighted by Crippen LogP contribution is -2.61. The van der Waals surface area contributed by atoms with Crippen molar-refractivity contribution in [2.24, 2.45) is 0 Å². The molecule has 7 N–H and O–H groups in total. The van der Waals surface area contributed by atoms with Crippen LogP contribution in [-0.4, -0.2) is 107 Å². The molecule has 14 heteroatoms. The van der Waals surface area contributed by atoms with Crippen LogP contribution in [0.1, 0.15) is 239 Å². The third-order valence-corrected chi connectivity index (χ3v) is 13.3. The van der Waals surface area contributed by atoms with E-state index in [1.807, 2.05) is 6.08 Å². The van der Waals surface area contributed by atoms with Gasteiger partial charge in [-0.3, -0.25) is 9.35 Å². The average Bonchev–Trinajstić information content (AvgIpc) is 3.29. The van der Waals surface area contributed by atoms with Crippen LogP contribution in [0.5, 0.6) is 0 Å². The maximum absolute atomic E-state index is 13.2. The van der Waals surface area contributed by atoms with Crippen LogP contribution in [0.4, 0.5) is 0 Å². The molecule has 1 aliphatic heterocycles. The van der Waals surface area contributed by atoms with Crippen LogP contribution in [0.15, 0.2) is 24.3 Å². The fourth-order valence-corrected chi connectivity index (χ4v) is 9.08. The zero-order chi connectivity index (χ0) is 48.5. The van der Waals surface area contributed by atoms with E-state index in [4.69, 9.17) is 9.47 Å². The Bertz CT molecular complexity index is 1290. The number of allylic oxidation sites excluding steroid dienone is 3. The fraction of sp³-hybridized carbons (Fsp3) is 0.904. The molecule has 1 heterocycles. The summed E-state index contributed by atoms with van der Waals surface area (Å²) in [5.74, 6) is -0.704. The molecule has 0 spiro atoms. The minimum Gasteiger partial charge on any atom is -0.394 e. The summed E-state index contributed by atoms with van der Waals surface area (Å²) in [6, 6.07) is -1.12. The van der Waals surface area contributed by atoms with Crippen molar-refractivity contribution in [1.29, 1.82) is 0 Å². The second kappa shape index (κ2) is 42.4. The Morgan fingerprint density at radius 2 is 1.00 bits per heavy atom. The number of hydrogen-bond acceptors (Lipinski definition) is 11. The van der Waals surface area contributed by atoms with E-state index in [2.05, 4.69) is 35.5 Å². The third-order valence-electron chi connectivity index (χ3n) is 12.8. The van der Waals surface area contributed by atoms with Crippen molar-refractivity contribution < 1.29 is 57.0 Å². The Kier molecular flexibility index (Phi) is 40.2. The smallest absolute Gasteiger partial charge is 0.394 e. The summed E-state index contributed by atoms with van der Waals surface area (Å²) in [5, 5.41) is 55.4. The van der Waals surface area contributed by atoms with Gasteiger partial charge in [-0.25, -0.2) is 4.18 Å². The normalized spacial score (nSPS) is 20.6. The predicted octanol–water partition coefficient (Wildman–Crippen LogP) is 10.6. The number of aliphatic hydroxyl groups excluding tert-OH is 5. The lowest BCUT2D eigenvalue weighted by molar-refractivity contribution is -0.298. The van der Waals surface area contributed by atoms with Gasteiger partial charge in [-0.1, -0.05) is 218 Å². The number of ether oxygens (including phenoxy) is 2. The number of nitrogens with one attached hydrogen (secondary N) is 1. The first-order valence-corrected chi connectivity index (χ1v) is 28.2. The quantitative estimate of drug-likeness (QED) is 0.0173. The summed E-state index contributed by atoms with van der Waals surface area (Å²) >= 11 is 0. The highest BCUT2D eigenvalue weighted by atomic mass is 32.3. The van der Waals surface area contributed by atoms with Crippen molar-refractivity contribution in [3.63, 3.8) is 0 Å². The summed E-state index contributed by atoms with van der Waals surface area (Å²) < 4.78 is 47.7. The Hall–Kier alpha value is -1.46. The van der Waals surface area contributed by atoms with E-state index in [0.29, 0.717) is 12.8 Å². The van der Waals surface area contributed by atoms with Crippen LogP contribution in [-0.2, 0) is 28.9 Å². The molecule has 0 aliphatic carbocycles. The van der Waals surface area contributed by atoms with Crippen molar-refractivity contribution >= 4 is 16.3 Å². The molecule has 0 saturated carbocycles. The molecule has 0 aromatic heterocycles. The standard InChI is InChI=1S/C52H99NO12S/c1-3-5-7-9-11-13-15-17-19-21-23-25-26-28-30-32-34-36-38-40-45(55)44(43-63-52-49(58)50(65-66(60,61)62)48(57)47(42-54)64-52)53-51(59)46(56)41-39-37-35-33-31-29-27-24-22-20-18-16-14-12-10-8-6-4-2/h22,24,38,40,44-50,52,54-58H,3-21,23,25-37,39,41-43H2,1-2H3,(H,53,59)(H,60,61,62)/b24-22-,40-38+. The first kappa shape index (κ1) is 62.6. The number of rotatable bonds is 46. The van der Waals surface area contributed by atoms with Gasteiger partial charge in [0.2, 0.25) is 5.91 Å². The number of hydrogen-bond donors (Lipinski definition) is 7. The van der Waals surface area contributed by atoms with Gasteiger partial charge in [0, 0.05) is 0 Å². The first-order chi connectivity index (χ1) is 31.9. The van der Waals surface area contributed by atoms with Gasteiger partial charge < -0.3 is 40.3 Å². The number of carbonyl (C=O) groups is 1. The highest BCUT2D eigenvalue weighted by Gasteiger charge is 2.48. The van der Waals surface area contributed by atoms with Crippen LogP contribution < -0.4 is 5.32 Å². The third kappa shape index (κ3) is 33.9. The van der Waals surface area contributed by atoms with Crippen molar-refractivity contribution in [1.82, 2.24) is 5.32 Å². The molecule has 1 fully saturated rings. The summed E-state index contributed by atoms with van der Waals surface area (Å²) in [6.45, 7) is 3.25. The Labute approximate surface area is 402 Å². The van der Waals surface area contributed by atoms with Crippen LogP contribution in [0.25, 0.3) is 0 Å². The highest BCUT2D eigenvalue weighted by Crippen LogP contribution is 2.26. The predicted molar refractivity (Wildman–Crippen MR) is 265 cm³/mol. The van der Waals surface area contributed by atoms with Crippen LogP contribution in [0, 0.1) is 0 Å². The van der Waals surface area contributed by atoms with Crippen LogP contribution in [0.2, 0.25) is 0 Å². The van der Waals surface area contributed by atoms with Gasteiger partial charge in [0.05, 0.1) is 25.4 Å². The van der Waals surface area contributed by atoms with Crippen LogP contribution >= 0.6 is 0 Å². The largest absolute Gasteiger partial charge is 0.397 e. The zero-order valence-corrected chi connectivity index (χ0v) is 42.4. The van der Waals surface area contributed by atoms with Gasteiger partial charge in [-0.15, -0.1) is 0 Å². The van der Waals surface area contributed by atoms with E-state index in [1.165, 1.54) is 141 Å². The first-order valence-electron chi connectivity index (χ1n) is 26.8. The summed E-state index contributed by atoms with van der Waals surface area (Å²) in [5.41, 5.74) is 0. The van der Waals surface area contributed by atoms with E-state index in [9.17, 15) is 43.3 Å². The molecule has 1 saturated heterocycles. The fourth-order valence-electron chi connectivity index (χ4n) is 8.57. The lowest BCUT2D eigenvalue weighted by Gasteiger charge is -2.41. The van der Waals surface area contributed by atoms with E-state index in [0.717, 1.165) is 64.2 Å². The Morgan fingerprint density at radius 3 is 1.41 bits per heavy atom. The Balaban J connectivity index is 2.50. The zero-order valence-electron chi connectivity index (χ0n) is 41.6. The van der Waals surface area contributed by atoms with E-state index < -0.39 is 78.5 Å². The molecule has 0 bridgehead atoms. The van der Waals surface area contributed by atoms with Gasteiger partial charge in [-0.05, 0) is 44.9 Å². The molecule has 66 heavy (non-hydrogen) atoms. The van der Waals surface area contributed by atoms with Gasteiger partial charge in [0.15, 0.2) is 6.29 Å². The molecule has 8 atom stereocenters. The van der Waals surface area contributed by atoms with Crippen molar-refractivity contribution in [2.45, 2.75) is 288 Å². The molecule has 390 valence electrons. The minimum atomic E-state index is -5.12. The summed E-state index contributed by atoms with van der Waals surface area (Å²) in [6.07, 6.45) is 38.2. The molecule has 1 aliphatic rings. The SMILES string of the molecule is CCCCCCCCCC/C=C\CCCCCCCCC(O)C(=O)NC(COC1OC(CO)C(O)C(OS(=O)(=O)O)C1O)C(O)/C=C/CCCCCCCCCCCCCCCCCCC. The maximum atomic E-state index is 13.2. The van der Waals surface area contributed by atoms with E-state index >= 15 is 0 Å². The van der Waals surface area contributed by atoms with Gasteiger partial charge in [0.1, 0.15) is 30.5 Å². The highest BCUT2D eigenvalue weighted by molar-refractivity contribution is 7.80. The van der Waals surface area contributed by atoms with Gasteiger partial charge in [0.25, 0.3) is 0 Å². The number of carbonyl (C=O) groups excluding carboxylic acids is 1. The van der Waals surface area contributed by atoms with Gasteiger partial charge >= 0.3 is 10.4 Å². The molecule has 1 rings (SSSR count). The van der Waals surface area contributed by atoms with E-state index in [-0.39, 0.29) is 6.42 Å². The molecule has 0 radical (unpaired) electrons. The number of aliphatic hydroxyl groups is 5. The lowest BCUT2D eigenvalue weighted by atomic mass is 9.99. The molecule has 1 amide bonds. The molecule has 8 unspecified atom stereocenters. The molecule has 0 aromatic carbocycles. The second-order valence-electron chi connectivity index (χ2n) is 19.0. The number of unbranched alkanes of at least 4 members (excludes halogenated alkanes) is 31. The summed E-state index contributed by atoms with van der Waals surface area (Å²) in [7, 11) is -5.12. The van der Waals surface area contributed by atoms with Crippen molar-refractivity contribution in [3.8, 4) is 0 Å². The monoisotopic (exact) mass is 962 g/mol. The second-order valence-corrected chi connectivity index (χ2v) is 20.0. The van der Waals surface area contributed by atoms with Crippen molar-refractivity contribution in [3.05, 3.63) is 24.3 Å². The molecular formula is C52H99NO12S. The molecule has 0 aromatic rings. The average molecular weight is 962 g/mol. The number of amides is 1. The molecular weight excluding hydrogens is 863 g/mol. The van der Waals surface area contributed by atoms with Crippen LogP contribution in [0.3, 0.4) is 0 Å². The van der Waals surface area contributed by atoms with Crippen molar-refractivity contribution in [2.75, 3.05) is 13.2 Å².